The van der Waals surface area contributed by atoms with Gasteiger partial charge in [-0.05, 0) is 31.0 Å². The van der Waals surface area contributed by atoms with Crippen LogP contribution in [0.15, 0.2) is 24.5 Å². The van der Waals surface area contributed by atoms with Crippen LogP contribution in [0.5, 0.6) is 0 Å². The fraction of sp³-hybridized carbons (Fsp3) is 0.308. The average Bonchev–Trinajstić information content (AvgIpc) is 2.87. The van der Waals surface area contributed by atoms with Crippen LogP contribution in [0, 0.1) is 6.92 Å². The van der Waals surface area contributed by atoms with E-state index in [0.717, 1.165) is 24.2 Å². The highest BCUT2D eigenvalue weighted by molar-refractivity contribution is 5.99. The van der Waals surface area contributed by atoms with Gasteiger partial charge in [-0.1, -0.05) is 6.07 Å². The lowest BCUT2D eigenvalue weighted by atomic mass is 10.1. The largest absolute Gasteiger partial charge is 0.398 e. The number of hydrogen-bond donors (Lipinski definition) is 3. The first-order valence-corrected chi connectivity index (χ1v) is 6.15. The van der Waals surface area contributed by atoms with Crippen LogP contribution in [0.2, 0.25) is 0 Å². The molecule has 1 aromatic carbocycles. The highest BCUT2D eigenvalue weighted by Gasteiger charge is 2.08. The molecule has 1 amide bonds. The zero-order chi connectivity index (χ0) is 13.7. The van der Waals surface area contributed by atoms with E-state index in [9.17, 15) is 4.79 Å². The van der Waals surface area contributed by atoms with E-state index < -0.39 is 0 Å². The molecular weight excluding hydrogens is 242 g/mol. The second-order valence-electron chi connectivity index (χ2n) is 4.38. The van der Waals surface area contributed by atoms with E-state index >= 15 is 0 Å². The third-order valence-electron chi connectivity index (χ3n) is 2.79. The Morgan fingerprint density at radius 3 is 3.00 bits per heavy atom. The second kappa shape index (κ2) is 5.99. The Morgan fingerprint density at radius 2 is 2.32 bits per heavy atom. The molecule has 6 nitrogen and oxygen atoms in total. The van der Waals surface area contributed by atoms with Crippen LogP contribution in [-0.4, -0.2) is 27.6 Å². The lowest BCUT2D eigenvalue weighted by Crippen LogP contribution is -2.25. The van der Waals surface area contributed by atoms with E-state index in [-0.39, 0.29) is 5.91 Å². The first kappa shape index (κ1) is 13.1. The molecule has 2 rings (SSSR count). The van der Waals surface area contributed by atoms with Crippen molar-refractivity contribution in [2.45, 2.75) is 19.8 Å². The number of nitrogens with one attached hydrogen (secondary N) is 2. The van der Waals surface area contributed by atoms with E-state index in [2.05, 4.69) is 20.5 Å². The van der Waals surface area contributed by atoms with Gasteiger partial charge in [0, 0.05) is 18.7 Å². The number of aryl methyl sites for hydroxylation is 2. The van der Waals surface area contributed by atoms with Gasteiger partial charge in [0.25, 0.3) is 5.91 Å². The first-order valence-electron chi connectivity index (χ1n) is 6.15. The van der Waals surface area contributed by atoms with Crippen molar-refractivity contribution in [3.8, 4) is 0 Å². The van der Waals surface area contributed by atoms with Crippen LogP contribution in [-0.2, 0) is 6.42 Å². The Morgan fingerprint density at radius 1 is 1.47 bits per heavy atom. The molecule has 0 bridgehead atoms. The Kier molecular flexibility index (Phi) is 4.12. The van der Waals surface area contributed by atoms with Crippen LogP contribution in [0.1, 0.15) is 28.2 Å². The summed E-state index contributed by atoms with van der Waals surface area (Å²) in [7, 11) is 0. The van der Waals surface area contributed by atoms with Crippen LogP contribution in [0.4, 0.5) is 5.69 Å². The van der Waals surface area contributed by atoms with E-state index in [4.69, 9.17) is 5.73 Å². The normalized spacial score (nSPS) is 10.4. The molecule has 1 heterocycles. The topological polar surface area (TPSA) is 96.7 Å². The molecule has 19 heavy (non-hydrogen) atoms. The minimum atomic E-state index is -0.143. The van der Waals surface area contributed by atoms with Crippen LogP contribution < -0.4 is 11.1 Å². The van der Waals surface area contributed by atoms with Gasteiger partial charge in [-0.25, -0.2) is 4.98 Å². The van der Waals surface area contributed by atoms with E-state index in [0.29, 0.717) is 17.8 Å². The lowest BCUT2D eigenvalue weighted by Gasteiger charge is -2.07. The number of aromatic amines is 1. The third kappa shape index (κ3) is 3.54. The molecule has 0 aliphatic rings. The van der Waals surface area contributed by atoms with Crippen LogP contribution in [0.25, 0.3) is 0 Å². The third-order valence-corrected chi connectivity index (χ3v) is 2.79. The van der Waals surface area contributed by atoms with Gasteiger partial charge in [0.2, 0.25) is 0 Å². The van der Waals surface area contributed by atoms with Crippen molar-refractivity contribution in [3.63, 3.8) is 0 Å². The van der Waals surface area contributed by atoms with Crippen LogP contribution >= 0.6 is 0 Å². The summed E-state index contributed by atoms with van der Waals surface area (Å²) < 4.78 is 0. The van der Waals surface area contributed by atoms with E-state index in [1.807, 2.05) is 13.0 Å². The molecule has 6 heteroatoms. The maximum absolute atomic E-state index is 11.9. The van der Waals surface area contributed by atoms with Crippen molar-refractivity contribution in [2.75, 3.05) is 12.3 Å². The number of H-pyrrole nitrogens is 1. The Bertz CT molecular complexity index is 550. The summed E-state index contributed by atoms with van der Waals surface area (Å²) in [6, 6.07) is 5.42. The monoisotopic (exact) mass is 259 g/mol. The predicted octanol–water partition coefficient (Wildman–Crippen LogP) is 1.06. The number of aromatic nitrogens is 3. The molecule has 100 valence electrons. The Balaban J connectivity index is 1.81. The molecule has 0 atom stereocenters. The summed E-state index contributed by atoms with van der Waals surface area (Å²) in [6.07, 6.45) is 3.03. The van der Waals surface area contributed by atoms with Crippen molar-refractivity contribution in [3.05, 3.63) is 41.5 Å². The molecule has 0 fully saturated rings. The smallest absolute Gasteiger partial charge is 0.253 e. The highest BCUT2D eigenvalue weighted by Crippen LogP contribution is 2.13. The minimum absolute atomic E-state index is 0.143. The second-order valence-corrected chi connectivity index (χ2v) is 4.38. The van der Waals surface area contributed by atoms with Crippen molar-refractivity contribution in [1.29, 1.82) is 0 Å². The highest BCUT2D eigenvalue weighted by atomic mass is 16.1. The zero-order valence-electron chi connectivity index (χ0n) is 10.8. The number of benzene rings is 1. The Labute approximate surface area is 111 Å². The van der Waals surface area contributed by atoms with Gasteiger partial charge in [0.1, 0.15) is 12.2 Å². The van der Waals surface area contributed by atoms with Crippen molar-refractivity contribution in [1.82, 2.24) is 20.5 Å². The van der Waals surface area contributed by atoms with Gasteiger partial charge in [0.15, 0.2) is 0 Å². The summed E-state index contributed by atoms with van der Waals surface area (Å²) >= 11 is 0. The number of anilines is 1. The van der Waals surface area contributed by atoms with Crippen molar-refractivity contribution >= 4 is 11.6 Å². The number of nitrogens with two attached hydrogens (primary N) is 1. The fourth-order valence-corrected chi connectivity index (χ4v) is 1.79. The molecule has 2 aromatic rings. The fourth-order valence-electron chi connectivity index (χ4n) is 1.79. The van der Waals surface area contributed by atoms with E-state index in [1.54, 1.807) is 12.1 Å². The molecular formula is C13H17N5O. The van der Waals surface area contributed by atoms with Gasteiger partial charge in [-0.15, -0.1) is 0 Å². The number of rotatable bonds is 5. The molecule has 4 N–H and O–H groups in total. The minimum Gasteiger partial charge on any atom is -0.398 e. The summed E-state index contributed by atoms with van der Waals surface area (Å²) in [5.74, 6) is 0.680. The average molecular weight is 259 g/mol. The van der Waals surface area contributed by atoms with Gasteiger partial charge in [-0.3, -0.25) is 9.89 Å². The number of hydrogen-bond acceptors (Lipinski definition) is 4. The van der Waals surface area contributed by atoms with Gasteiger partial charge >= 0.3 is 0 Å². The molecule has 1 aromatic heterocycles. The predicted molar refractivity (Wildman–Crippen MR) is 72.6 cm³/mol. The number of nitrogen functional groups attached to an aromatic ring is 1. The Hall–Kier alpha value is -2.37. The number of nitrogens with zero attached hydrogens (tertiary/aromatic N) is 2. The number of carbonyl (C=O) groups excluding carboxylic acids is 1. The molecule has 0 aliphatic heterocycles. The zero-order valence-corrected chi connectivity index (χ0v) is 10.8. The molecule has 0 spiro atoms. The maximum Gasteiger partial charge on any atom is 0.253 e. The van der Waals surface area contributed by atoms with Gasteiger partial charge in [0.05, 0.1) is 5.56 Å². The maximum atomic E-state index is 11.9. The van der Waals surface area contributed by atoms with Crippen molar-refractivity contribution in [2.24, 2.45) is 0 Å². The lowest BCUT2D eigenvalue weighted by molar-refractivity contribution is 0.0954. The molecule has 0 unspecified atom stereocenters. The summed E-state index contributed by atoms with van der Waals surface area (Å²) in [6.45, 7) is 2.52. The molecule has 0 saturated carbocycles. The van der Waals surface area contributed by atoms with Crippen molar-refractivity contribution < 1.29 is 4.79 Å². The summed E-state index contributed by atoms with van der Waals surface area (Å²) in [5.41, 5.74) is 7.89. The summed E-state index contributed by atoms with van der Waals surface area (Å²) in [4.78, 5) is 15.9. The van der Waals surface area contributed by atoms with E-state index in [1.165, 1.54) is 6.33 Å². The quantitative estimate of drug-likeness (QED) is 0.552. The standard InChI is InChI=1S/C13H17N5O/c1-9-4-5-10(11(14)7-9)13(19)15-6-2-3-12-16-8-17-18-12/h4-5,7-8H,2-3,6,14H2,1H3,(H,15,19)(H,16,17,18). The SMILES string of the molecule is Cc1ccc(C(=O)NCCCc2ncn[nH]2)c(N)c1. The number of carbonyl (C=O) groups is 1. The van der Waals surface area contributed by atoms with Gasteiger partial charge in [-0.2, -0.15) is 5.10 Å². The first-order chi connectivity index (χ1) is 9.16. The molecule has 0 aliphatic carbocycles. The number of amides is 1. The van der Waals surface area contributed by atoms with Crippen LogP contribution in [0.3, 0.4) is 0 Å². The molecule has 0 saturated heterocycles. The summed E-state index contributed by atoms with van der Waals surface area (Å²) in [5, 5.41) is 9.38. The molecule has 0 radical (unpaired) electrons. The van der Waals surface area contributed by atoms with Gasteiger partial charge < -0.3 is 11.1 Å².